The highest BCUT2D eigenvalue weighted by Gasteiger charge is 2.37. The number of carbonyl (C=O) groups excluding carboxylic acids is 2. The molecule has 0 aromatic heterocycles. The molecule has 0 aliphatic carbocycles. The molecule has 160 valence electrons. The van der Waals surface area contributed by atoms with Crippen LogP contribution in [0.4, 0.5) is 0 Å². The first kappa shape index (κ1) is 23.6. The fourth-order valence-electron chi connectivity index (χ4n) is 3.18. The number of aliphatic carboxylic acids is 1. The summed E-state index contributed by atoms with van der Waals surface area (Å²) in [6.07, 6.45) is 3.64. The van der Waals surface area contributed by atoms with Gasteiger partial charge in [0.25, 0.3) is 0 Å². The lowest BCUT2D eigenvalue weighted by Gasteiger charge is -2.27. The standard InChI is InChI=1S/C17H33N7O4/c18-8-2-1-6-12(16(27)28)23-14(25)13-7-4-10-24(13)15(26)11(19)5-3-9-22-17(20)21/h11-13H,1-10,18-19H2,(H,23,25)(H,27,28)(H4,20,21,22)/t11-,12-,13-/m0/s1. The van der Waals surface area contributed by atoms with Gasteiger partial charge in [0.2, 0.25) is 11.8 Å². The fourth-order valence-corrected chi connectivity index (χ4v) is 3.18. The SMILES string of the molecule is NCCCC[C@H](NC(=O)[C@@H]1CCCN1C(=O)[C@@H](N)CCCN=C(N)N)C(=O)O. The summed E-state index contributed by atoms with van der Waals surface area (Å²) in [5.74, 6) is -1.90. The number of guanidine groups is 1. The summed E-state index contributed by atoms with van der Waals surface area (Å²) in [5.41, 5.74) is 21.9. The molecule has 0 aromatic rings. The van der Waals surface area contributed by atoms with E-state index in [1.54, 1.807) is 0 Å². The lowest BCUT2D eigenvalue weighted by molar-refractivity contribution is -0.144. The summed E-state index contributed by atoms with van der Waals surface area (Å²) in [5, 5.41) is 11.9. The van der Waals surface area contributed by atoms with Gasteiger partial charge in [-0.25, -0.2) is 4.79 Å². The zero-order valence-corrected chi connectivity index (χ0v) is 16.2. The largest absolute Gasteiger partial charge is 0.480 e. The van der Waals surface area contributed by atoms with Crippen LogP contribution in [0.2, 0.25) is 0 Å². The van der Waals surface area contributed by atoms with Crippen LogP contribution in [-0.2, 0) is 14.4 Å². The molecule has 11 nitrogen and oxygen atoms in total. The molecule has 1 aliphatic rings. The maximum atomic E-state index is 12.6. The van der Waals surface area contributed by atoms with Crippen molar-refractivity contribution in [3.05, 3.63) is 0 Å². The summed E-state index contributed by atoms with van der Waals surface area (Å²) in [6.45, 7) is 1.26. The number of hydrogen-bond acceptors (Lipinski definition) is 6. The van der Waals surface area contributed by atoms with E-state index >= 15 is 0 Å². The number of likely N-dealkylation sites (tertiary alicyclic amines) is 1. The van der Waals surface area contributed by atoms with Gasteiger partial charge in [-0.3, -0.25) is 14.6 Å². The summed E-state index contributed by atoms with van der Waals surface area (Å²) >= 11 is 0. The Balaban J connectivity index is 2.61. The van der Waals surface area contributed by atoms with Gasteiger partial charge in [0.05, 0.1) is 6.04 Å². The smallest absolute Gasteiger partial charge is 0.326 e. The van der Waals surface area contributed by atoms with Gasteiger partial charge in [-0.15, -0.1) is 0 Å². The third kappa shape index (κ3) is 7.69. The molecule has 11 heteroatoms. The number of rotatable bonds is 12. The van der Waals surface area contributed by atoms with Crippen molar-refractivity contribution in [2.24, 2.45) is 27.9 Å². The highest BCUT2D eigenvalue weighted by atomic mass is 16.4. The van der Waals surface area contributed by atoms with Gasteiger partial charge in [-0.05, 0) is 51.5 Å². The molecule has 0 saturated carbocycles. The van der Waals surface area contributed by atoms with Crippen LogP contribution in [0, 0.1) is 0 Å². The minimum atomic E-state index is -1.10. The Labute approximate surface area is 164 Å². The van der Waals surface area contributed by atoms with Crippen molar-refractivity contribution in [1.82, 2.24) is 10.2 Å². The van der Waals surface area contributed by atoms with Crippen LogP contribution in [-0.4, -0.2) is 71.5 Å². The van der Waals surface area contributed by atoms with Crippen LogP contribution >= 0.6 is 0 Å². The molecular formula is C17H33N7O4. The van der Waals surface area contributed by atoms with Crippen LogP contribution in [0.15, 0.2) is 4.99 Å². The molecule has 1 saturated heterocycles. The lowest BCUT2D eigenvalue weighted by Crippen LogP contribution is -2.53. The highest BCUT2D eigenvalue weighted by Crippen LogP contribution is 2.19. The van der Waals surface area contributed by atoms with E-state index in [1.807, 2.05) is 0 Å². The number of carboxylic acid groups (broad SMARTS) is 1. The molecule has 28 heavy (non-hydrogen) atoms. The number of aliphatic imine (C=N–C) groups is 1. The molecular weight excluding hydrogens is 366 g/mol. The first-order valence-corrected chi connectivity index (χ1v) is 9.62. The molecule has 3 atom stereocenters. The monoisotopic (exact) mass is 399 g/mol. The Bertz CT molecular complexity index is 566. The van der Waals surface area contributed by atoms with E-state index in [9.17, 15) is 19.5 Å². The van der Waals surface area contributed by atoms with Crippen molar-refractivity contribution in [3.8, 4) is 0 Å². The van der Waals surface area contributed by atoms with E-state index < -0.39 is 30.0 Å². The predicted octanol–water partition coefficient (Wildman–Crippen LogP) is -1.94. The molecule has 0 spiro atoms. The van der Waals surface area contributed by atoms with Crippen LogP contribution in [0.1, 0.15) is 44.9 Å². The molecule has 0 aromatic carbocycles. The van der Waals surface area contributed by atoms with Crippen LogP contribution < -0.4 is 28.3 Å². The van der Waals surface area contributed by atoms with Gasteiger partial charge >= 0.3 is 5.97 Å². The third-order valence-corrected chi connectivity index (χ3v) is 4.68. The number of unbranched alkanes of at least 4 members (excludes halogenated alkanes) is 1. The van der Waals surface area contributed by atoms with Gasteiger partial charge in [-0.1, -0.05) is 0 Å². The van der Waals surface area contributed by atoms with E-state index in [0.29, 0.717) is 64.6 Å². The molecule has 10 N–H and O–H groups in total. The molecule has 0 unspecified atom stereocenters. The molecule has 1 fully saturated rings. The quantitative estimate of drug-likeness (QED) is 0.123. The second-order valence-corrected chi connectivity index (χ2v) is 6.93. The lowest BCUT2D eigenvalue weighted by atomic mass is 10.1. The maximum absolute atomic E-state index is 12.6. The minimum absolute atomic E-state index is 0.0179. The normalized spacial score (nSPS) is 18.4. The molecule has 1 heterocycles. The Morgan fingerprint density at radius 2 is 1.89 bits per heavy atom. The number of nitrogens with one attached hydrogen (secondary N) is 1. The van der Waals surface area contributed by atoms with Gasteiger partial charge in [0, 0.05) is 13.1 Å². The average Bonchev–Trinajstić information content (AvgIpc) is 3.13. The zero-order valence-electron chi connectivity index (χ0n) is 16.2. The molecule has 2 amide bonds. The van der Waals surface area contributed by atoms with E-state index in [4.69, 9.17) is 22.9 Å². The van der Waals surface area contributed by atoms with Crippen molar-refractivity contribution in [1.29, 1.82) is 0 Å². The van der Waals surface area contributed by atoms with E-state index in [2.05, 4.69) is 10.3 Å². The van der Waals surface area contributed by atoms with Gasteiger partial charge in [0.1, 0.15) is 12.1 Å². The van der Waals surface area contributed by atoms with E-state index in [0.717, 1.165) is 0 Å². The molecule has 1 rings (SSSR count). The Kier molecular flexibility index (Phi) is 10.2. The second kappa shape index (κ2) is 12.1. The molecule has 0 bridgehead atoms. The first-order chi connectivity index (χ1) is 13.3. The number of carboxylic acids is 1. The van der Waals surface area contributed by atoms with Crippen molar-refractivity contribution < 1.29 is 19.5 Å². The van der Waals surface area contributed by atoms with Crippen molar-refractivity contribution in [3.63, 3.8) is 0 Å². The van der Waals surface area contributed by atoms with Crippen molar-refractivity contribution >= 4 is 23.7 Å². The minimum Gasteiger partial charge on any atom is -0.480 e. The summed E-state index contributed by atoms with van der Waals surface area (Å²) < 4.78 is 0. The number of nitrogens with two attached hydrogens (primary N) is 4. The second-order valence-electron chi connectivity index (χ2n) is 6.93. The number of carbonyl (C=O) groups is 3. The molecule has 1 aliphatic heterocycles. The van der Waals surface area contributed by atoms with E-state index in [1.165, 1.54) is 4.90 Å². The Morgan fingerprint density at radius 1 is 1.18 bits per heavy atom. The average molecular weight is 399 g/mol. The van der Waals surface area contributed by atoms with Crippen molar-refractivity contribution in [2.75, 3.05) is 19.6 Å². The summed E-state index contributed by atoms with van der Waals surface area (Å²) in [4.78, 5) is 41.9. The van der Waals surface area contributed by atoms with Crippen LogP contribution in [0.25, 0.3) is 0 Å². The highest BCUT2D eigenvalue weighted by molar-refractivity contribution is 5.92. The zero-order chi connectivity index (χ0) is 21.1. The number of amides is 2. The first-order valence-electron chi connectivity index (χ1n) is 9.62. The topological polar surface area (TPSA) is 203 Å². The number of nitrogens with zero attached hydrogens (tertiary/aromatic N) is 2. The maximum Gasteiger partial charge on any atom is 0.326 e. The van der Waals surface area contributed by atoms with Gasteiger partial charge in [-0.2, -0.15) is 0 Å². The Morgan fingerprint density at radius 3 is 2.50 bits per heavy atom. The fraction of sp³-hybridized carbons (Fsp3) is 0.765. The van der Waals surface area contributed by atoms with Crippen LogP contribution in [0.5, 0.6) is 0 Å². The van der Waals surface area contributed by atoms with Crippen LogP contribution in [0.3, 0.4) is 0 Å². The number of hydrogen-bond donors (Lipinski definition) is 6. The molecule has 0 radical (unpaired) electrons. The van der Waals surface area contributed by atoms with E-state index in [-0.39, 0.29) is 11.9 Å². The van der Waals surface area contributed by atoms with Gasteiger partial charge in [0.15, 0.2) is 5.96 Å². The Hall–Kier alpha value is -2.40. The van der Waals surface area contributed by atoms with Crippen molar-refractivity contribution in [2.45, 2.75) is 63.1 Å². The predicted molar refractivity (Wildman–Crippen MR) is 105 cm³/mol. The van der Waals surface area contributed by atoms with Gasteiger partial charge < -0.3 is 38.3 Å². The summed E-state index contributed by atoms with van der Waals surface area (Å²) in [6, 6.07) is -2.46. The summed E-state index contributed by atoms with van der Waals surface area (Å²) in [7, 11) is 0. The third-order valence-electron chi connectivity index (χ3n) is 4.68.